The molecule has 7 nitrogen and oxygen atoms in total. The number of rotatable bonds is 6. The summed E-state index contributed by atoms with van der Waals surface area (Å²) in [5, 5.41) is 10.8. The van der Waals surface area contributed by atoms with Gasteiger partial charge in [-0.2, -0.15) is 0 Å². The Balaban J connectivity index is 1.95. The van der Waals surface area contributed by atoms with Crippen LogP contribution < -0.4 is 5.73 Å². The van der Waals surface area contributed by atoms with E-state index >= 15 is 0 Å². The second-order valence-corrected chi connectivity index (χ2v) is 5.94. The number of primary amides is 1. The standard InChI is InChI=1S/C13H17N3O4S/c14-11(17)6-15(8-13(19)20)7-12(18)16-3-1-10-9(5-16)2-4-21-10/h2,4H,1,3,5-8H2,(H2,14,17)(H,19,20). The minimum atomic E-state index is -1.09. The van der Waals surface area contributed by atoms with Gasteiger partial charge in [0.05, 0.1) is 19.6 Å². The fourth-order valence-corrected chi connectivity index (χ4v) is 3.22. The van der Waals surface area contributed by atoms with Crippen LogP contribution in [0.2, 0.25) is 0 Å². The number of amides is 2. The van der Waals surface area contributed by atoms with Gasteiger partial charge in [0.2, 0.25) is 11.8 Å². The van der Waals surface area contributed by atoms with E-state index in [1.165, 1.54) is 9.78 Å². The molecule has 8 heteroatoms. The number of thiophene rings is 1. The molecule has 2 heterocycles. The molecule has 1 aromatic heterocycles. The molecule has 0 spiro atoms. The number of carboxylic acid groups (broad SMARTS) is 1. The first-order chi connectivity index (χ1) is 9.95. The van der Waals surface area contributed by atoms with Crippen molar-refractivity contribution in [2.45, 2.75) is 13.0 Å². The van der Waals surface area contributed by atoms with Crippen LogP contribution >= 0.6 is 11.3 Å². The predicted octanol–water partition coefficient (Wildman–Crippen LogP) is -0.495. The minimum Gasteiger partial charge on any atom is -0.480 e. The van der Waals surface area contributed by atoms with E-state index in [9.17, 15) is 14.4 Å². The van der Waals surface area contributed by atoms with Crippen molar-refractivity contribution in [1.29, 1.82) is 0 Å². The van der Waals surface area contributed by atoms with Crippen LogP contribution in [0.5, 0.6) is 0 Å². The van der Waals surface area contributed by atoms with Crippen LogP contribution in [-0.2, 0) is 27.3 Å². The van der Waals surface area contributed by atoms with Gasteiger partial charge in [0.15, 0.2) is 0 Å². The lowest BCUT2D eigenvalue weighted by Gasteiger charge is -2.29. The number of carbonyl (C=O) groups excluding carboxylic acids is 2. The van der Waals surface area contributed by atoms with Crippen molar-refractivity contribution in [2.24, 2.45) is 5.73 Å². The highest BCUT2D eigenvalue weighted by Crippen LogP contribution is 2.23. The van der Waals surface area contributed by atoms with Crippen molar-refractivity contribution in [3.63, 3.8) is 0 Å². The van der Waals surface area contributed by atoms with Crippen LogP contribution in [0.25, 0.3) is 0 Å². The summed E-state index contributed by atoms with van der Waals surface area (Å²) in [6, 6.07) is 2.00. The first kappa shape index (κ1) is 15.5. The average Bonchev–Trinajstić information content (AvgIpc) is 2.83. The molecule has 21 heavy (non-hydrogen) atoms. The molecule has 3 N–H and O–H groups in total. The molecular formula is C13H17N3O4S. The Morgan fingerprint density at radius 3 is 2.76 bits per heavy atom. The highest BCUT2D eigenvalue weighted by molar-refractivity contribution is 7.10. The zero-order valence-electron chi connectivity index (χ0n) is 11.4. The quantitative estimate of drug-likeness (QED) is 0.737. The van der Waals surface area contributed by atoms with Gasteiger partial charge in [0.1, 0.15) is 0 Å². The van der Waals surface area contributed by atoms with Gasteiger partial charge in [0.25, 0.3) is 0 Å². The smallest absolute Gasteiger partial charge is 0.317 e. The van der Waals surface area contributed by atoms with E-state index in [1.807, 2.05) is 11.4 Å². The summed E-state index contributed by atoms with van der Waals surface area (Å²) in [5.41, 5.74) is 6.21. The Morgan fingerprint density at radius 1 is 1.33 bits per heavy atom. The lowest BCUT2D eigenvalue weighted by Crippen LogP contribution is -2.46. The summed E-state index contributed by atoms with van der Waals surface area (Å²) in [7, 11) is 0. The van der Waals surface area contributed by atoms with Crippen molar-refractivity contribution >= 4 is 29.1 Å². The zero-order chi connectivity index (χ0) is 15.4. The molecule has 0 unspecified atom stereocenters. The van der Waals surface area contributed by atoms with E-state index in [4.69, 9.17) is 10.8 Å². The Morgan fingerprint density at radius 2 is 2.10 bits per heavy atom. The largest absolute Gasteiger partial charge is 0.480 e. The number of nitrogens with two attached hydrogens (primary N) is 1. The maximum absolute atomic E-state index is 12.2. The molecule has 114 valence electrons. The van der Waals surface area contributed by atoms with Gasteiger partial charge in [-0.1, -0.05) is 0 Å². The Kier molecular flexibility index (Phi) is 4.92. The first-order valence-corrected chi connectivity index (χ1v) is 7.39. The second kappa shape index (κ2) is 6.68. The Labute approximate surface area is 125 Å². The van der Waals surface area contributed by atoms with Gasteiger partial charge >= 0.3 is 5.97 Å². The Bertz CT molecular complexity index is 541. The third-order valence-electron chi connectivity index (χ3n) is 3.26. The molecule has 0 atom stereocenters. The summed E-state index contributed by atoms with van der Waals surface area (Å²) in [6.45, 7) is 0.412. The average molecular weight is 311 g/mol. The molecule has 0 fully saturated rings. The number of hydrogen-bond donors (Lipinski definition) is 2. The monoisotopic (exact) mass is 311 g/mol. The highest BCUT2D eigenvalue weighted by Gasteiger charge is 2.24. The highest BCUT2D eigenvalue weighted by atomic mass is 32.1. The van der Waals surface area contributed by atoms with Gasteiger partial charge in [-0.05, 0) is 23.4 Å². The van der Waals surface area contributed by atoms with Crippen LogP contribution in [0, 0.1) is 0 Å². The topological polar surface area (TPSA) is 104 Å². The van der Waals surface area contributed by atoms with E-state index in [1.54, 1.807) is 16.2 Å². The first-order valence-electron chi connectivity index (χ1n) is 6.51. The Hall–Kier alpha value is -1.93. The normalized spacial score (nSPS) is 14.0. The molecule has 2 amide bonds. The summed E-state index contributed by atoms with van der Waals surface area (Å²) in [5.74, 6) is -1.93. The van der Waals surface area contributed by atoms with Gasteiger partial charge in [-0.25, -0.2) is 0 Å². The maximum Gasteiger partial charge on any atom is 0.317 e. The lowest BCUT2D eigenvalue weighted by molar-refractivity contribution is -0.140. The van der Waals surface area contributed by atoms with Crippen LogP contribution in [0.1, 0.15) is 10.4 Å². The van der Waals surface area contributed by atoms with E-state index in [2.05, 4.69) is 0 Å². The van der Waals surface area contributed by atoms with Crippen molar-refractivity contribution in [2.75, 3.05) is 26.2 Å². The summed E-state index contributed by atoms with van der Waals surface area (Å²) in [4.78, 5) is 38.2. The van der Waals surface area contributed by atoms with E-state index < -0.39 is 11.9 Å². The third-order valence-corrected chi connectivity index (χ3v) is 4.28. The minimum absolute atomic E-state index is 0.116. The van der Waals surface area contributed by atoms with Crippen LogP contribution in [0.3, 0.4) is 0 Å². The fraction of sp³-hybridized carbons (Fsp3) is 0.462. The maximum atomic E-state index is 12.2. The molecular weight excluding hydrogens is 294 g/mol. The number of fused-ring (bicyclic) bond motifs is 1. The van der Waals surface area contributed by atoms with Gasteiger partial charge < -0.3 is 15.7 Å². The second-order valence-electron chi connectivity index (χ2n) is 4.94. The van der Waals surface area contributed by atoms with E-state index in [-0.39, 0.29) is 25.5 Å². The number of aliphatic carboxylic acids is 1. The number of hydrogen-bond acceptors (Lipinski definition) is 5. The van der Waals surface area contributed by atoms with Crippen molar-refractivity contribution in [1.82, 2.24) is 9.80 Å². The van der Waals surface area contributed by atoms with E-state index in [0.29, 0.717) is 13.1 Å². The molecule has 0 saturated carbocycles. The molecule has 0 saturated heterocycles. The molecule has 1 aliphatic rings. The number of carbonyl (C=O) groups is 3. The van der Waals surface area contributed by atoms with Gasteiger partial charge in [-0.3, -0.25) is 19.3 Å². The van der Waals surface area contributed by atoms with Crippen LogP contribution in [0.4, 0.5) is 0 Å². The third kappa shape index (κ3) is 4.27. The molecule has 0 radical (unpaired) electrons. The predicted molar refractivity (Wildman–Crippen MR) is 76.7 cm³/mol. The SMILES string of the molecule is NC(=O)CN(CC(=O)O)CC(=O)N1CCc2sccc2C1. The molecule has 1 aromatic rings. The molecule has 0 aromatic carbocycles. The van der Waals surface area contributed by atoms with Crippen molar-refractivity contribution in [3.8, 4) is 0 Å². The number of carboxylic acids is 1. The van der Waals surface area contributed by atoms with Crippen LogP contribution in [0.15, 0.2) is 11.4 Å². The van der Waals surface area contributed by atoms with Gasteiger partial charge in [0, 0.05) is 18.0 Å². The van der Waals surface area contributed by atoms with Crippen LogP contribution in [-0.4, -0.2) is 58.9 Å². The molecule has 2 rings (SSSR count). The summed E-state index contributed by atoms with van der Waals surface area (Å²) in [6.07, 6.45) is 0.813. The fourth-order valence-electron chi connectivity index (χ4n) is 2.33. The molecule has 0 bridgehead atoms. The zero-order valence-corrected chi connectivity index (χ0v) is 12.3. The summed E-state index contributed by atoms with van der Waals surface area (Å²) < 4.78 is 0. The van der Waals surface area contributed by atoms with Gasteiger partial charge in [-0.15, -0.1) is 11.3 Å². The molecule has 1 aliphatic heterocycles. The van der Waals surface area contributed by atoms with Crippen molar-refractivity contribution < 1.29 is 19.5 Å². The summed E-state index contributed by atoms with van der Waals surface area (Å²) >= 11 is 1.68. The number of nitrogens with zero attached hydrogens (tertiary/aromatic N) is 2. The molecule has 0 aliphatic carbocycles. The van der Waals surface area contributed by atoms with Crippen molar-refractivity contribution in [3.05, 3.63) is 21.9 Å². The van der Waals surface area contributed by atoms with E-state index in [0.717, 1.165) is 12.0 Å². The lowest BCUT2D eigenvalue weighted by atomic mass is 10.1.